The van der Waals surface area contributed by atoms with Crippen molar-refractivity contribution in [2.75, 3.05) is 19.9 Å². The molecule has 2 fully saturated rings. The maximum absolute atomic E-state index is 12.8. The van der Waals surface area contributed by atoms with Crippen molar-refractivity contribution < 1.29 is 29.0 Å². The van der Waals surface area contributed by atoms with E-state index in [9.17, 15) is 19.5 Å². The molecule has 1 aromatic rings. The first-order chi connectivity index (χ1) is 13.9. The number of likely N-dealkylation sites (tertiary alicyclic amines) is 1. The fourth-order valence-electron chi connectivity index (χ4n) is 3.50. The molecule has 3 aliphatic heterocycles. The lowest BCUT2D eigenvalue weighted by Crippen LogP contribution is -2.51. The average Bonchev–Trinajstić information content (AvgIpc) is 3.27. The molecule has 0 bridgehead atoms. The van der Waals surface area contributed by atoms with Gasteiger partial charge in [0.1, 0.15) is 16.9 Å². The highest BCUT2D eigenvalue weighted by atomic mass is 32.2. The summed E-state index contributed by atoms with van der Waals surface area (Å²) in [6.07, 6.45) is 3.62. The first-order valence-corrected chi connectivity index (χ1v) is 10.3. The summed E-state index contributed by atoms with van der Waals surface area (Å²) < 4.78 is 10.9. The number of hydrogen-bond acceptors (Lipinski definition) is 7. The lowest BCUT2D eigenvalue weighted by Gasteiger charge is -2.33. The quantitative estimate of drug-likeness (QED) is 0.568. The zero-order chi connectivity index (χ0) is 20.5. The Morgan fingerprint density at radius 1 is 1.28 bits per heavy atom. The van der Waals surface area contributed by atoms with Crippen LogP contribution in [0.3, 0.4) is 0 Å². The summed E-state index contributed by atoms with van der Waals surface area (Å²) in [6, 6.07) is 4.49. The first kappa shape index (κ1) is 19.7. The van der Waals surface area contributed by atoms with Gasteiger partial charge in [-0.3, -0.25) is 14.5 Å². The molecule has 0 saturated carbocycles. The van der Waals surface area contributed by atoms with Crippen molar-refractivity contribution in [2.45, 2.75) is 25.3 Å². The second-order valence-corrected chi connectivity index (χ2v) is 8.49. The lowest BCUT2D eigenvalue weighted by molar-refractivity contribution is -0.152. The minimum atomic E-state index is -1.02. The Labute approximate surface area is 176 Å². The zero-order valence-electron chi connectivity index (χ0n) is 15.3. The SMILES string of the molecule is O=C(O)C1CCCCN1C(=O)CN1C(=O)C(=Cc2ccc3c(c2)OCO3)SC1=S. The van der Waals surface area contributed by atoms with E-state index < -0.39 is 17.9 Å². The molecule has 2 amide bonds. The number of carboxylic acids is 1. The summed E-state index contributed by atoms with van der Waals surface area (Å²) in [7, 11) is 0. The van der Waals surface area contributed by atoms with Gasteiger partial charge < -0.3 is 19.5 Å². The van der Waals surface area contributed by atoms with Crippen molar-refractivity contribution >= 4 is 52.2 Å². The number of carbonyl (C=O) groups excluding carboxylic acids is 2. The topological polar surface area (TPSA) is 96.4 Å². The molecular formula is C19H18N2O6S2. The van der Waals surface area contributed by atoms with Gasteiger partial charge >= 0.3 is 5.97 Å². The summed E-state index contributed by atoms with van der Waals surface area (Å²) in [5.74, 6) is -0.539. The van der Waals surface area contributed by atoms with E-state index in [2.05, 4.69) is 0 Å². The van der Waals surface area contributed by atoms with Crippen molar-refractivity contribution in [3.63, 3.8) is 0 Å². The summed E-state index contributed by atoms with van der Waals surface area (Å²) in [5.41, 5.74) is 0.753. The van der Waals surface area contributed by atoms with E-state index in [0.29, 0.717) is 29.4 Å². The second-order valence-electron chi connectivity index (χ2n) is 6.82. The second kappa shape index (κ2) is 8.03. The van der Waals surface area contributed by atoms with Crippen molar-refractivity contribution in [1.82, 2.24) is 9.80 Å². The summed E-state index contributed by atoms with van der Waals surface area (Å²) in [5, 5.41) is 9.36. The van der Waals surface area contributed by atoms with E-state index in [1.54, 1.807) is 24.3 Å². The third-order valence-electron chi connectivity index (χ3n) is 4.97. The minimum absolute atomic E-state index is 0.164. The van der Waals surface area contributed by atoms with E-state index in [0.717, 1.165) is 30.2 Å². The maximum atomic E-state index is 12.8. The van der Waals surface area contributed by atoms with Crippen molar-refractivity contribution in [3.05, 3.63) is 28.7 Å². The normalized spacial score (nSPS) is 22.5. The van der Waals surface area contributed by atoms with Crippen LogP contribution in [0.25, 0.3) is 6.08 Å². The third kappa shape index (κ3) is 3.95. The van der Waals surface area contributed by atoms with Crippen LogP contribution in [0, 0.1) is 0 Å². The molecule has 2 saturated heterocycles. The number of carbonyl (C=O) groups is 3. The Hall–Kier alpha value is -2.59. The number of amides is 2. The molecule has 0 aromatic heterocycles. The van der Waals surface area contributed by atoms with Gasteiger partial charge in [0.05, 0.1) is 4.91 Å². The number of nitrogens with zero attached hydrogens (tertiary/aromatic N) is 2. The number of thioether (sulfide) groups is 1. The van der Waals surface area contributed by atoms with E-state index in [4.69, 9.17) is 21.7 Å². The van der Waals surface area contributed by atoms with Gasteiger partial charge in [0.15, 0.2) is 11.5 Å². The Morgan fingerprint density at radius 3 is 2.86 bits per heavy atom. The third-order valence-corrected chi connectivity index (χ3v) is 6.35. The maximum Gasteiger partial charge on any atom is 0.326 e. The van der Waals surface area contributed by atoms with Crippen molar-refractivity contribution in [2.24, 2.45) is 0 Å². The van der Waals surface area contributed by atoms with Gasteiger partial charge in [0, 0.05) is 6.54 Å². The number of benzene rings is 1. The fourth-order valence-corrected chi connectivity index (χ4v) is 4.76. The lowest BCUT2D eigenvalue weighted by atomic mass is 10.0. The molecule has 1 aromatic carbocycles. The fraction of sp³-hybridized carbons (Fsp3) is 0.368. The van der Waals surface area contributed by atoms with Gasteiger partial charge in [-0.05, 0) is 43.0 Å². The molecule has 1 atom stereocenters. The predicted molar refractivity (Wildman–Crippen MR) is 109 cm³/mol. The van der Waals surface area contributed by atoms with Crippen LogP contribution < -0.4 is 9.47 Å². The van der Waals surface area contributed by atoms with Gasteiger partial charge in [0.25, 0.3) is 5.91 Å². The molecule has 1 N–H and O–H groups in total. The van der Waals surface area contributed by atoms with Crippen molar-refractivity contribution in [1.29, 1.82) is 0 Å². The molecule has 8 nitrogen and oxygen atoms in total. The smallest absolute Gasteiger partial charge is 0.326 e. The van der Waals surface area contributed by atoms with Crippen LogP contribution in [0.2, 0.25) is 0 Å². The van der Waals surface area contributed by atoms with E-state index in [1.807, 2.05) is 0 Å². The van der Waals surface area contributed by atoms with Crippen LogP contribution in [0.15, 0.2) is 23.1 Å². The Balaban J connectivity index is 1.48. The number of aliphatic carboxylic acids is 1. The van der Waals surface area contributed by atoms with E-state index in [-0.39, 0.29) is 23.6 Å². The largest absolute Gasteiger partial charge is 0.480 e. The van der Waals surface area contributed by atoms with Gasteiger partial charge in [-0.1, -0.05) is 30.0 Å². The standard InChI is InChI=1S/C19H18N2O6S2/c22-16(20-6-2-1-3-12(20)18(24)25)9-21-17(23)15(29-19(21)28)8-11-4-5-13-14(7-11)27-10-26-13/h4-5,7-8,12H,1-3,6,9-10H2,(H,24,25). The van der Waals surface area contributed by atoms with Crippen molar-refractivity contribution in [3.8, 4) is 11.5 Å². The Morgan fingerprint density at radius 2 is 2.07 bits per heavy atom. The number of ether oxygens (including phenoxy) is 2. The molecule has 0 radical (unpaired) electrons. The number of fused-ring (bicyclic) bond motifs is 1. The molecule has 29 heavy (non-hydrogen) atoms. The van der Waals surface area contributed by atoms with Gasteiger partial charge in [-0.2, -0.15) is 0 Å². The highest BCUT2D eigenvalue weighted by Crippen LogP contribution is 2.36. The number of piperidine rings is 1. The summed E-state index contributed by atoms with van der Waals surface area (Å²) >= 11 is 6.40. The Bertz CT molecular complexity index is 931. The van der Waals surface area contributed by atoms with Crippen LogP contribution >= 0.6 is 24.0 Å². The molecule has 0 spiro atoms. The molecule has 10 heteroatoms. The first-order valence-electron chi connectivity index (χ1n) is 9.11. The van der Waals surface area contributed by atoms with Crippen LogP contribution in [0.1, 0.15) is 24.8 Å². The van der Waals surface area contributed by atoms with Gasteiger partial charge in [-0.25, -0.2) is 4.79 Å². The van der Waals surface area contributed by atoms with Crippen LogP contribution in [0.4, 0.5) is 0 Å². The molecule has 3 aliphatic rings. The highest BCUT2D eigenvalue weighted by Gasteiger charge is 2.37. The van der Waals surface area contributed by atoms with E-state index in [1.165, 1.54) is 9.80 Å². The number of thiocarbonyl (C=S) groups is 1. The van der Waals surface area contributed by atoms with Crippen LogP contribution in [0.5, 0.6) is 11.5 Å². The highest BCUT2D eigenvalue weighted by molar-refractivity contribution is 8.26. The van der Waals surface area contributed by atoms with Crippen LogP contribution in [-0.4, -0.2) is 62.9 Å². The average molecular weight is 434 g/mol. The predicted octanol–water partition coefficient (Wildman–Crippen LogP) is 2.08. The Kier molecular flexibility index (Phi) is 5.46. The van der Waals surface area contributed by atoms with Gasteiger partial charge in [-0.15, -0.1) is 0 Å². The molecule has 0 aliphatic carbocycles. The molecule has 3 heterocycles. The summed E-state index contributed by atoms with van der Waals surface area (Å²) in [4.78, 5) is 39.9. The molecule has 152 valence electrons. The van der Waals surface area contributed by atoms with Crippen LogP contribution in [-0.2, 0) is 14.4 Å². The summed E-state index contributed by atoms with van der Waals surface area (Å²) in [6.45, 7) is 0.279. The zero-order valence-corrected chi connectivity index (χ0v) is 17.0. The molecule has 1 unspecified atom stereocenters. The van der Waals surface area contributed by atoms with Gasteiger partial charge in [0.2, 0.25) is 12.7 Å². The monoisotopic (exact) mass is 434 g/mol. The number of rotatable bonds is 4. The molecule has 4 rings (SSSR count). The van der Waals surface area contributed by atoms with E-state index >= 15 is 0 Å². The number of carboxylic acid groups (broad SMARTS) is 1. The molecular weight excluding hydrogens is 416 g/mol. The minimum Gasteiger partial charge on any atom is -0.480 e. The number of hydrogen-bond donors (Lipinski definition) is 1.